The van der Waals surface area contributed by atoms with Crippen molar-refractivity contribution in [2.24, 2.45) is 5.92 Å². The molecule has 0 bridgehead atoms. The van der Waals surface area contributed by atoms with Crippen LogP contribution in [0.15, 0.2) is 30.3 Å². The molecular weight excluding hydrogens is 389 g/mol. The highest BCUT2D eigenvalue weighted by Gasteiger charge is 2.39. The molecule has 2 aromatic rings. The molecule has 2 heterocycles. The molecule has 7 nitrogen and oxygen atoms in total. The molecule has 1 atom stereocenters. The van der Waals surface area contributed by atoms with Crippen LogP contribution in [-0.2, 0) is 16.0 Å². The number of hydrogen-bond donors (Lipinski definition) is 0. The predicted molar refractivity (Wildman–Crippen MR) is 110 cm³/mol. The number of rotatable bonds is 3. The van der Waals surface area contributed by atoms with E-state index in [1.807, 2.05) is 19.9 Å². The van der Waals surface area contributed by atoms with Crippen molar-refractivity contribution >= 4 is 28.9 Å². The molecule has 0 N–H and O–H groups in total. The first kappa shape index (κ1) is 20.0. The van der Waals surface area contributed by atoms with Crippen molar-refractivity contribution in [3.63, 3.8) is 0 Å². The molecule has 2 aliphatic rings. The quantitative estimate of drug-likeness (QED) is 0.570. The Morgan fingerprint density at radius 3 is 2.73 bits per heavy atom. The molecule has 2 aromatic carbocycles. The van der Waals surface area contributed by atoms with Crippen LogP contribution in [0.2, 0.25) is 0 Å². The van der Waals surface area contributed by atoms with Gasteiger partial charge in [0.05, 0.1) is 16.5 Å². The van der Waals surface area contributed by atoms with Gasteiger partial charge < -0.3 is 9.80 Å². The maximum atomic E-state index is 13.7. The van der Waals surface area contributed by atoms with Crippen LogP contribution in [-0.4, -0.2) is 29.8 Å². The normalized spacial score (nSPS) is 18.5. The van der Waals surface area contributed by atoms with E-state index in [0.717, 1.165) is 47.4 Å². The first-order valence-electron chi connectivity index (χ1n) is 9.92. The summed E-state index contributed by atoms with van der Waals surface area (Å²) in [4.78, 5) is 39.2. The molecule has 30 heavy (non-hydrogen) atoms. The first-order chi connectivity index (χ1) is 14.3. The summed E-state index contributed by atoms with van der Waals surface area (Å²) in [7, 11) is 0. The molecule has 2 aliphatic heterocycles. The highest BCUT2D eigenvalue weighted by atomic mass is 19.1. The van der Waals surface area contributed by atoms with Gasteiger partial charge in [-0.3, -0.25) is 19.7 Å². The SMILES string of the molecule is Cc1cc(C)c2c(c1)N(C(=O)C1CC(=O)N(c3ccc(F)c([N+](=O)[O-])c3)C1)CCC2. The van der Waals surface area contributed by atoms with Crippen molar-refractivity contribution in [2.45, 2.75) is 33.1 Å². The second kappa shape index (κ2) is 7.51. The van der Waals surface area contributed by atoms with Crippen molar-refractivity contribution < 1.29 is 18.9 Å². The fourth-order valence-corrected chi connectivity index (χ4v) is 4.46. The lowest BCUT2D eigenvalue weighted by molar-refractivity contribution is -0.387. The minimum absolute atomic E-state index is 0.0284. The van der Waals surface area contributed by atoms with Gasteiger partial charge >= 0.3 is 5.69 Å². The van der Waals surface area contributed by atoms with Crippen LogP contribution >= 0.6 is 0 Å². The van der Waals surface area contributed by atoms with E-state index in [-0.39, 0.29) is 30.5 Å². The number of nitro benzene ring substituents is 1. The molecule has 4 rings (SSSR count). The highest BCUT2D eigenvalue weighted by molar-refractivity contribution is 6.05. The molecule has 2 amide bonds. The zero-order valence-corrected chi connectivity index (χ0v) is 16.9. The Balaban J connectivity index is 1.59. The number of anilines is 2. The number of carbonyl (C=O) groups is 2. The number of fused-ring (bicyclic) bond motifs is 1. The molecule has 0 saturated carbocycles. The number of halogens is 1. The standard InChI is InChI=1S/C22H22FN3O4/c1-13-8-14(2)17-4-3-7-24(19(17)9-13)22(28)15-10-21(27)25(12-15)16-5-6-18(23)20(11-16)26(29)30/h5-6,8-9,11,15H,3-4,7,10,12H2,1-2H3. The number of aryl methyl sites for hydroxylation is 2. The van der Waals surface area contributed by atoms with Crippen LogP contribution in [0, 0.1) is 35.7 Å². The molecule has 1 unspecified atom stereocenters. The Labute approximate surface area is 173 Å². The summed E-state index contributed by atoms with van der Waals surface area (Å²) in [6.07, 6.45) is 1.80. The number of hydrogen-bond acceptors (Lipinski definition) is 4. The maximum Gasteiger partial charge on any atom is 0.306 e. The van der Waals surface area contributed by atoms with Gasteiger partial charge in [-0.05, 0) is 61.6 Å². The third kappa shape index (κ3) is 3.42. The molecule has 8 heteroatoms. The smallest absolute Gasteiger partial charge is 0.306 e. The predicted octanol–water partition coefficient (Wildman–Crippen LogP) is 3.68. The molecule has 0 radical (unpaired) electrons. The van der Waals surface area contributed by atoms with E-state index in [1.54, 1.807) is 4.90 Å². The molecule has 1 saturated heterocycles. The Morgan fingerprint density at radius 2 is 2.00 bits per heavy atom. The minimum Gasteiger partial charge on any atom is -0.312 e. The van der Waals surface area contributed by atoms with Crippen LogP contribution in [0.4, 0.5) is 21.5 Å². The number of nitro groups is 1. The van der Waals surface area contributed by atoms with E-state index in [4.69, 9.17) is 0 Å². The second-order valence-corrected chi connectivity index (χ2v) is 7.97. The Kier molecular flexibility index (Phi) is 5.01. The number of nitrogens with zero attached hydrogens (tertiary/aromatic N) is 3. The van der Waals surface area contributed by atoms with Crippen molar-refractivity contribution in [3.05, 3.63) is 63.0 Å². The summed E-state index contributed by atoms with van der Waals surface area (Å²) in [6.45, 7) is 4.76. The van der Waals surface area contributed by atoms with Crippen LogP contribution in [0.3, 0.4) is 0 Å². The summed E-state index contributed by atoms with van der Waals surface area (Å²) in [5.74, 6) is -1.92. The van der Waals surface area contributed by atoms with E-state index in [2.05, 4.69) is 6.07 Å². The Morgan fingerprint density at radius 1 is 1.23 bits per heavy atom. The molecular formula is C22H22FN3O4. The van der Waals surface area contributed by atoms with Gasteiger partial charge in [-0.2, -0.15) is 4.39 Å². The fourth-order valence-electron chi connectivity index (χ4n) is 4.46. The number of benzene rings is 2. The van der Waals surface area contributed by atoms with Gasteiger partial charge in [0.2, 0.25) is 17.6 Å². The minimum atomic E-state index is -0.960. The molecule has 0 aliphatic carbocycles. The molecule has 1 fully saturated rings. The van der Waals surface area contributed by atoms with Crippen LogP contribution < -0.4 is 9.80 Å². The van der Waals surface area contributed by atoms with Gasteiger partial charge in [0.15, 0.2) is 0 Å². The lowest BCUT2D eigenvalue weighted by atomic mass is 9.94. The Hall–Kier alpha value is -3.29. The van der Waals surface area contributed by atoms with E-state index < -0.39 is 22.3 Å². The molecule has 156 valence electrons. The largest absolute Gasteiger partial charge is 0.312 e. The molecule has 0 spiro atoms. The summed E-state index contributed by atoms with van der Waals surface area (Å²) in [5, 5.41) is 11.0. The summed E-state index contributed by atoms with van der Waals surface area (Å²) < 4.78 is 13.7. The van der Waals surface area contributed by atoms with Crippen LogP contribution in [0.5, 0.6) is 0 Å². The van der Waals surface area contributed by atoms with Gasteiger partial charge in [-0.25, -0.2) is 0 Å². The van der Waals surface area contributed by atoms with E-state index in [1.165, 1.54) is 11.0 Å². The van der Waals surface area contributed by atoms with Gasteiger partial charge in [0.25, 0.3) is 0 Å². The number of carbonyl (C=O) groups excluding carboxylic acids is 2. The topological polar surface area (TPSA) is 83.8 Å². The van der Waals surface area contributed by atoms with Crippen molar-refractivity contribution in [2.75, 3.05) is 22.9 Å². The third-order valence-corrected chi connectivity index (χ3v) is 5.87. The highest BCUT2D eigenvalue weighted by Crippen LogP contribution is 2.35. The average molecular weight is 411 g/mol. The lowest BCUT2D eigenvalue weighted by Crippen LogP contribution is -2.41. The summed E-state index contributed by atoms with van der Waals surface area (Å²) in [5.41, 5.74) is 3.85. The zero-order valence-electron chi connectivity index (χ0n) is 16.9. The van der Waals surface area contributed by atoms with Gasteiger partial charge in [0.1, 0.15) is 0 Å². The second-order valence-electron chi connectivity index (χ2n) is 7.97. The van der Waals surface area contributed by atoms with Gasteiger partial charge in [0, 0.05) is 31.3 Å². The summed E-state index contributed by atoms with van der Waals surface area (Å²) >= 11 is 0. The lowest BCUT2D eigenvalue weighted by Gasteiger charge is -2.32. The fraction of sp³-hybridized carbons (Fsp3) is 0.364. The Bertz CT molecular complexity index is 1070. The van der Waals surface area contributed by atoms with Crippen LogP contribution in [0.25, 0.3) is 0 Å². The number of amides is 2. The van der Waals surface area contributed by atoms with E-state index in [0.29, 0.717) is 6.54 Å². The maximum absolute atomic E-state index is 13.7. The monoisotopic (exact) mass is 411 g/mol. The van der Waals surface area contributed by atoms with Gasteiger partial charge in [-0.1, -0.05) is 6.07 Å². The van der Waals surface area contributed by atoms with Crippen molar-refractivity contribution in [1.29, 1.82) is 0 Å². The van der Waals surface area contributed by atoms with Gasteiger partial charge in [-0.15, -0.1) is 0 Å². The third-order valence-electron chi connectivity index (χ3n) is 5.87. The van der Waals surface area contributed by atoms with Crippen molar-refractivity contribution in [3.8, 4) is 0 Å². The average Bonchev–Trinajstić information content (AvgIpc) is 3.09. The van der Waals surface area contributed by atoms with Crippen molar-refractivity contribution in [1.82, 2.24) is 0 Å². The zero-order chi connectivity index (χ0) is 21.6. The van der Waals surface area contributed by atoms with Crippen LogP contribution in [0.1, 0.15) is 29.5 Å². The van der Waals surface area contributed by atoms with E-state index >= 15 is 0 Å². The first-order valence-corrected chi connectivity index (χ1v) is 9.92. The molecule has 0 aromatic heterocycles. The van der Waals surface area contributed by atoms with E-state index in [9.17, 15) is 24.1 Å². The summed E-state index contributed by atoms with van der Waals surface area (Å²) in [6, 6.07) is 7.47.